The number of phenolic OH excluding ortho intramolecular Hbond substituents is 1. The lowest BCUT2D eigenvalue weighted by atomic mass is 9.95. The van der Waals surface area contributed by atoms with Crippen molar-refractivity contribution in [3.05, 3.63) is 29.8 Å². The predicted molar refractivity (Wildman–Crippen MR) is 125 cm³/mol. The van der Waals surface area contributed by atoms with E-state index < -0.39 is 0 Å². The maximum absolute atomic E-state index is 12.7. The van der Waals surface area contributed by atoms with E-state index in [1.807, 2.05) is 17.0 Å². The zero-order valence-corrected chi connectivity index (χ0v) is 19.5. The van der Waals surface area contributed by atoms with Gasteiger partial charge in [0.25, 0.3) is 0 Å². The molecule has 1 aromatic carbocycles. The normalized spacial score (nSPS) is 18.3. The molecular formula is C21H33IN4O3. The summed E-state index contributed by atoms with van der Waals surface area (Å²) in [6.07, 6.45) is 2.52. The molecular weight excluding hydrogens is 483 g/mol. The van der Waals surface area contributed by atoms with Crippen molar-refractivity contribution in [2.24, 2.45) is 10.9 Å². The van der Waals surface area contributed by atoms with Gasteiger partial charge in [0.05, 0.1) is 13.2 Å². The quantitative estimate of drug-likeness (QED) is 0.356. The van der Waals surface area contributed by atoms with Gasteiger partial charge in [-0.05, 0) is 43.9 Å². The number of halogens is 1. The number of amides is 1. The summed E-state index contributed by atoms with van der Waals surface area (Å²) in [5.74, 6) is 1.61. The fraction of sp³-hybridized carbons (Fsp3) is 0.619. The number of benzene rings is 1. The van der Waals surface area contributed by atoms with E-state index >= 15 is 0 Å². The molecule has 29 heavy (non-hydrogen) atoms. The number of hydrogen-bond donors (Lipinski definition) is 2. The Hall–Kier alpha value is -1.55. The number of nitrogens with one attached hydrogen (secondary N) is 1. The maximum Gasteiger partial charge on any atom is 0.225 e. The molecule has 0 aromatic heterocycles. The highest BCUT2D eigenvalue weighted by Gasteiger charge is 2.30. The molecule has 1 aromatic rings. The summed E-state index contributed by atoms with van der Waals surface area (Å²) in [7, 11) is 0. The van der Waals surface area contributed by atoms with E-state index in [1.165, 1.54) is 0 Å². The van der Waals surface area contributed by atoms with Crippen LogP contribution in [0.3, 0.4) is 0 Å². The van der Waals surface area contributed by atoms with Crippen LogP contribution in [-0.4, -0.2) is 79.3 Å². The molecule has 0 atom stereocenters. The minimum atomic E-state index is 0. The van der Waals surface area contributed by atoms with Gasteiger partial charge in [0.15, 0.2) is 5.96 Å². The molecule has 0 radical (unpaired) electrons. The lowest BCUT2D eigenvalue weighted by Gasteiger charge is -2.36. The van der Waals surface area contributed by atoms with Crippen molar-refractivity contribution < 1.29 is 14.6 Å². The van der Waals surface area contributed by atoms with Gasteiger partial charge in [-0.25, -0.2) is 0 Å². The molecule has 3 rings (SSSR count). The topological polar surface area (TPSA) is 77.4 Å². The van der Waals surface area contributed by atoms with E-state index in [0.717, 1.165) is 63.5 Å². The minimum absolute atomic E-state index is 0. The highest BCUT2D eigenvalue weighted by atomic mass is 127. The third-order valence-electron chi connectivity index (χ3n) is 5.37. The number of piperidine rings is 1. The first kappa shape index (κ1) is 23.7. The SMILES string of the molecule is CCNC(=NCCc1cccc(O)c1)N1CCC(C(=O)N2CCOCC2)CC1.I. The number of aromatic hydroxyl groups is 1. The van der Waals surface area contributed by atoms with Gasteiger partial charge in [0, 0.05) is 45.2 Å². The standard InChI is InChI=1S/C21H32N4O3.HI/c1-2-22-21(23-9-6-17-4-3-5-19(26)16-17)25-10-7-18(8-11-25)20(27)24-12-14-28-15-13-24;/h3-5,16,18,26H,2,6-15H2,1H3,(H,22,23);1H. The number of nitrogens with zero attached hydrogens (tertiary/aromatic N) is 3. The lowest BCUT2D eigenvalue weighted by Crippen LogP contribution is -2.50. The molecule has 0 aliphatic carbocycles. The third kappa shape index (κ3) is 7.02. The van der Waals surface area contributed by atoms with Gasteiger partial charge in [0.1, 0.15) is 5.75 Å². The summed E-state index contributed by atoms with van der Waals surface area (Å²) in [6, 6.07) is 7.32. The van der Waals surface area contributed by atoms with Crippen molar-refractivity contribution in [3.8, 4) is 5.75 Å². The van der Waals surface area contributed by atoms with Gasteiger partial charge in [-0.2, -0.15) is 0 Å². The van der Waals surface area contributed by atoms with Crippen LogP contribution in [0.1, 0.15) is 25.3 Å². The van der Waals surface area contributed by atoms with Crippen molar-refractivity contribution in [1.82, 2.24) is 15.1 Å². The molecule has 7 nitrogen and oxygen atoms in total. The summed E-state index contributed by atoms with van der Waals surface area (Å²) < 4.78 is 5.35. The molecule has 2 aliphatic rings. The molecule has 2 heterocycles. The first-order valence-corrected chi connectivity index (χ1v) is 10.3. The Labute approximate surface area is 190 Å². The number of aliphatic imine (C=N–C) groups is 1. The van der Waals surface area contributed by atoms with E-state index in [0.29, 0.717) is 25.5 Å². The summed E-state index contributed by atoms with van der Waals surface area (Å²) in [4.78, 5) is 21.7. The molecule has 0 saturated carbocycles. The zero-order valence-electron chi connectivity index (χ0n) is 17.2. The van der Waals surface area contributed by atoms with Gasteiger partial charge < -0.3 is 25.0 Å². The van der Waals surface area contributed by atoms with Crippen LogP contribution in [0, 0.1) is 5.92 Å². The Morgan fingerprint density at radius 2 is 1.93 bits per heavy atom. The van der Waals surface area contributed by atoms with Crippen LogP contribution in [0.2, 0.25) is 0 Å². The van der Waals surface area contributed by atoms with Crippen LogP contribution >= 0.6 is 24.0 Å². The second kappa shape index (κ2) is 12.2. The van der Waals surface area contributed by atoms with E-state index in [2.05, 4.69) is 17.1 Å². The third-order valence-corrected chi connectivity index (χ3v) is 5.37. The van der Waals surface area contributed by atoms with E-state index in [1.54, 1.807) is 12.1 Å². The van der Waals surface area contributed by atoms with Crippen molar-refractivity contribution in [2.45, 2.75) is 26.2 Å². The van der Waals surface area contributed by atoms with Gasteiger partial charge in [-0.3, -0.25) is 9.79 Å². The molecule has 0 unspecified atom stereocenters. The fourth-order valence-electron chi connectivity index (χ4n) is 3.81. The van der Waals surface area contributed by atoms with Crippen molar-refractivity contribution in [3.63, 3.8) is 0 Å². The van der Waals surface area contributed by atoms with Gasteiger partial charge in [-0.1, -0.05) is 12.1 Å². The Balaban J connectivity index is 0.00000300. The molecule has 162 valence electrons. The summed E-state index contributed by atoms with van der Waals surface area (Å²) in [5, 5.41) is 13.0. The average molecular weight is 516 g/mol. The predicted octanol–water partition coefficient (Wildman–Crippen LogP) is 2.09. The molecule has 0 spiro atoms. The van der Waals surface area contributed by atoms with Crippen LogP contribution in [-0.2, 0) is 16.0 Å². The van der Waals surface area contributed by atoms with Crippen molar-refractivity contribution in [2.75, 3.05) is 52.5 Å². The van der Waals surface area contributed by atoms with Crippen molar-refractivity contribution >= 4 is 35.8 Å². The van der Waals surface area contributed by atoms with Gasteiger partial charge >= 0.3 is 0 Å². The number of carbonyl (C=O) groups excluding carboxylic acids is 1. The number of hydrogen-bond acceptors (Lipinski definition) is 4. The molecule has 2 aliphatic heterocycles. The van der Waals surface area contributed by atoms with E-state index in [9.17, 15) is 9.90 Å². The monoisotopic (exact) mass is 516 g/mol. The van der Waals surface area contributed by atoms with Crippen molar-refractivity contribution in [1.29, 1.82) is 0 Å². The van der Waals surface area contributed by atoms with Gasteiger partial charge in [0.2, 0.25) is 5.91 Å². The number of morpholine rings is 1. The Morgan fingerprint density at radius 3 is 2.59 bits per heavy atom. The highest BCUT2D eigenvalue weighted by molar-refractivity contribution is 14.0. The van der Waals surface area contributed by atoms with E-state index in [-0.39, 0.29) is 35.8 Å². The Bertz CT molecular complexity index is 672. The minimum Gasteiger partial charge on any atom is -0.508 e. The molecule has 0 bridgehead atoms. The first-order chi connectivity index (χ1) is 13.7. The number of rotatable bonds is 5. The maximum atomic E-state index is 12.7. The highest BCUT2D eigenvalue weighted by Crippen LogP contribution is 2.20. The van der Waals surface area contributed by atoms with Gasteiger partial charge in [-0.15, -0.1) is 24.0 Å². The van der Waals surface area contributed by atoms with E-state index in [4.69, 9.17) is 9.73 Å². The zero-order chi connectivity index (χ0) is 19.8. The van der Waals surface area contributed by atoms with Crippen LogP contribution < -0.4 is 5.32 Å². The molecule has 2 N–H and O–H groups in total. The van der Waals surface area contributed by atoms with Crippen LogP contribution in [0.15, 0.2) is 29.3 Å². The molecule has 2 fully saturated rings. The summed E-state index contributed by atoms with van der Waals surface area (Å²) >= 11 is 0. The fourth-order valence-corrected chi connectivity index (χ4v) is 3.81. The lowest BCUT2D eigenvalue weighted by molar-refractivity contribution is -0.140. The number of guanidine groups is 1. The molecule has 1 amide bonds. The Morgan fingerprint density at radius 1 is 1.21 bits per heavy atom. The first-order valence-electron chi connectivity index (χ1n) is 10.3. The molecule has 8 heteroatoms. The number of likely N-dealkylation sites (tertiary alicyclic amines) is 1. The smallest absolute Gasteiger partial charge is 0.225 e. The average Bonchev–Trinajstić information content (AvgIpc) is 2.73. The second-order valence-corrected chi connectivity index (χ2v) is 7.35. The summed E-state index contributed by atoms with van der Waals surface area (Å²) in [5.41, 5.74) is 1.08. The summed E-state index contributed by atoms with van der Waals surface area (Å²) in [6.45, 7) is 7.99. The number of carbonyl (C=O) groups is 1. The van der Waals surface area contributed by atoms with Crippen LogP contribution in [0.25, 0.3) is 0 Å². The Kier molecular flexibility index (Phi) is 9.99. The van der Waals surface area contributed by atoms with Crippen LogP contribution in [0.5, 0.6) is 5.75 Å². The molecule has 2 saturated heterocycles. The second-order valence-electron chi connectivity index (χ2n) is 7.35. The number of ether oxygens (including phenoxy) is 1. The largest absolute Gasteiger partial charge is 0.508 e. The number of phenols is 1. The van der Waals surface area contributed by atoms with Crippen LogP contribution in [0.4, 0.5) is 0 Å².